The van der Waals surface area contributed by atoms with Crippen molar-refractivity contribution in [2.24, 2.45) is 0 Å². The van der Waals surface area contributed by atoms with Gasteiger partial charge in [0.15, 0.2) is 0 Å². The fraction of sp³-hybridized carbons (Fsp3) is 0.800. The first-order valence-electron chi connectivity index (χ1n) is 10.1. The summed E-state index contributed by atoms with van der Waals surface area (Å²) in [4.78, 5) is 23.9. The Hall–Kier alpha value is -1.10. The number of unbranched alkanes of at least 4 members (excludes halogenated alkanes) is 4. The molecule has 0 spiro atoms. The van der Waals surface area contributed by atoms with Crippen LogP contribution in [0.2, 0.25) is 18.1 Å². The Morgan fingerprint density at radius 3 is 1.60 bits per heavy atom. The first kappa shape index (κ1) is 23.9. The van der Waals surface area contributed by atoms with Crippen LogP contribution in [0.1, 0.15) is 79.1 Å². The van der Waals surface area contributed by atoms with Gasteiger partial charge in [-0.15, -0.1) is 0 Å². The predicted molar refractivity (Wildman–Crippen MR) is 106 cm³/mol. The number of hydrogen-bond donors (Lipinski definition) is 0. The molecule has 0 radical (unpaired) electrons. The molecule has 0 aromatic rings. The third-order valence-electron chi connectivity index (χ3n) is 4.37. The monoisotopic (exact) mass is 370 g/mol. The molecule has 0 unspecified atom stereocenters. The van der Waals surface area contributed by atoms with Gasteiger partial charge in [0.25, 0.3) is 8.32 Å². The number of hydrogen-bond acceptors (Lipinski definition) is 4. The van der Waals surface area contributed by atoms with E-state index in [4.69, 9.17) is 9.16 Å². The maximum absolute atomic E-state index is 12.3. The fourth-order valence-electron chi connectivity index (χ4n) is 2.77. The van der Waals surface area contributed by atoms with E-state index in [9.17, 15) is 9.59 Å². The van der Waals surface area contributed by atoms with Crippen LogP contribution in [0.25, 0.3) is 0 Å². The summed E-state index contributed by atoms with van der Waals surface area (Å²) in [5, 5.41) is 0. The molecule has 0 rings (SSSR count). The van der Waals surface area contributed by atoms with Gasteiger partial charge in [0, 0.05) is 12.2 Å². The zero-order valence-electron chi connectivity index (χ0n) is 16.8. The summed E-state index contributed by atoms with van der Waals surface area (Å²) in [5.74, 6) is -0.837. The second-order valence-electron chi connectivity index (χ2n) is 6.77. The highest BCUT2D eigenvalue weighted by molar-refractivity contribution is 6.75. The summed E-state index contributed by atoms with van der Waals surface area (Å²) in [6.45, 7) is 8.96. The Morgan fingerprint density at radius 1 is 0.720 bits per heavy atom. The maximum atomic E-state index is 12.3. The number of ether oxygens (including phenoxy) is 1. The molecule has 0 bridgehead atoms. The van der Waals surface area contributed by atoms with E-state index >= 15 is 0 Å². The van der Waals surface area contributed by atoms with Crippen LogP contribution in [-0.2, 0) is 18.8 Å². The summed E-state index contributed by atoms with van der Waals surface area (Å²) in [5.41, 5.74) is 0. The summed E-state index contributed by atoms with van der Waals surface area (Å²) in [6.07, 6.45) is 10.9. The molecule has 0 aliphatic heterocycles. The minimum atomic E-state index is -2.08. The van der Waals surface area contributed by atoms with E-state index in [1.54, 1.807) is 0 Å². The highest BCUT2D eigenvalue weighted by Crippen LogP contribution is 2.29. The van der Waals surface area contributed by atoms with E-state index in [-0.39, 0.29) is 5.97 Å². The van der Waals surface area contributed by atoms with Gasteiger partial charge in [0.1, 0.15) is 0 Å². The van der Waals surface area contributed by atoms with Gasteiger partial charge in [-0.3, -0.25) is 0 Å². The number of carbonyl (C=O) groups is 2. The Kier molecular flexibility index (Phi) is 14.5. The van der Waals surface area contributed by atoms with Crippen molar-refractivity contribution in [1.29, 1.82) is 0 Å². The van der Waals surface area contributed by atoms with E-state index in [0.29, 0.717) is 6.61 Å². The van der Waals surface area contributed by atoms with Crippen LogP contribution in [0.15, 0.2) is 12.2 Å². The lowest BCUT2D eigenvalue weighted by atomic mass is 10.4. The number of rotatable bonds is 15. The molecular weight excluding hydrogens is 332 g/mol. The molecule has 0 atom stereocenters. The van der Waals surface area contributed by atoms with Crippen LogP contribution in [0.5, 0.6) is 0 Å². The lowest BCUT2D eigenvalue weighted by Gasteiger charge is -2.31. The zero-order valence-corrected chi connectivity index (χ0v) is 17.8. The van der Waals surface area contributed by atoms with E-state index in [2.05, 4.69) is 20.8 Å². The van der Waals surface area contributed by atoms with Crippen LogP contribution in [0, 0.1) is 0 Å². The third-order valence-corrected chi connectivity index (χ3v) is 8.80. The van der Waals surface area contributed by atoms with Crippen molar-refractivity contribution < 1.29 is 18.8 Å². The van der Waals surface area contributed by atoms with E-state index in [1.807, 2.05) is 6.92 Å². The molecule has 146 valence electrons. The van der Waals surface area contributed by atoms with E-state index < -0.39 is 14.3 Å². The van der Waals surface area contributed by atoms with Crippen molar-refractivity contribution in [2.75, 3.05) is 6.61 Å². The highest BCUT2D eigenvalue weighted by Gasteiger charge is 2.36. The maximum Gasteiger partial charge on any atom is 0.331 e. The average Bonchev–Trinajstić information content (AvgIpc) is 2.61. The fourth-order valence-corrected chi connectivity index (χ4v) is 7.32. The molecule has 0 aromatic heterocycles. The van der Waals surface area contributed by atoms with Crippen LogP contribution in [0.3, 0.4) is 0 Å². The van der Waals surface area contributed by atoms with Crippen molar-refractivity contribution in [1.82, 2.24) is 0 Å². The number of esters is 1. The van der Waals surface area contributed by atoms with Gasteiger partial charge in [-0.05, 0) is 24.6 Å². The average molecular weight is 371 g/mol. The Balaban J connectivity index is 4.81. The van der Waals surface area contributed by atoms with Crippen LogP contribution in [-0.4, -0.2) is 26.9 Å². The van der Waals surface area contributed by atoms with Gasteiger partial charge in [0.05, 0.1) is 6.61 Å². The van der Waals surface area contributed by atoms with Gasteiger partial charge in [-0.1, -0.05) is 72.6 Å². The molecule has 4 nitrogen and oxygen atoms in total. The lowest BCUT2D eigenvalue weighted by Crippen LogP contribution is -2.40. The molecule has 0 aliphatic carbocycles. The first-order valence-corrected chi connectivity index (χ1v) is 12.6. The SMILES string of the molecule is CCCCOC(=O)C=CC(=O)O[Si](CCCC)(CCCC)CCCC. The first-order chi connectivity index (χ1) is 12.0. The van der Waals surface area contributed by atoms with Crippen molar-refractivity contribution in [2.45, 2.75) is 97.2 Å². The molecule has 0 aromatic carbocycles. The normalized spacial score (nSPS) is 11.7. The Morgan fingerprint density at radius 2 is 1.16 bits per heavy atom. The van der Waals surface area contributed by atoms with Crippen LogP contribution >= 0.6 is 0 Å². The Bertz CT molecular complexity index is 371. The molecule has 0 saturated carbocycles. The van der Waals surface area contributed by atoms with Gasteiger partial charge in [-0.2, -0.15) is 0 Å². The van der Waals surface area contributed by atoms with Crippen LogP contribution in [0.4, 0.5) is 0 Å². The van der Waals surface area contributed by atoms with E-state index in [0.717, 1.165) is 69.5 Å². The smallest absolute Gasteiger partial charge is 0.331 e. The van der Waals surface area contributed by atoms with Crippen molar-refractivity contribution in [3.63, 3.8) is 0 Å². The molecule has 0 saturated heterocycles. The van der Waals surface area contributed by atoms with Crippen LogP contribution < -0.4 is 0 Å². The molecule has 0 amide bonds. The predicted octanol–water partition coefficient (Wildman–Crippen LogP) is 5.77. The molecule has 0 fully saturated rings. The molecular formula is C20H38O4Si. The molecule has 25 heavy (non-hydrogen) atoms. The third kappa shape index (κ3) is 12.0. The van der Waals surface area contributed by atoms with Gasteiger partial charge in [-0.25, -0.2) is 9.59 Å². The van der Waals surface area contributed by atoms with Gasteiger partial charge in [0.2, 0.25) is 0 Å². The molecule has 0 heterocycles. The molecule has 0 aliphatic rings. The summed E-state index contributed by atoms with van der Waals surface area (Å²) >= 11 is 0. The summed E-state index contributed by atoms with van der Waals surface area (Å²) in [6, 6.07) is 3.10. The minimum absolute atomic E-state index is 0.373. The quantitative estimate of drug-likeness (QED) is 0.159. The minimum Gasteiger partial charge on any atom is -0.516 e. The topological polar surface area (TPSA) is 52.6 Å². The van der Waals surface area contributed by atoms with Crippen molar-refractivity contribution >= 4 is 20.3 Å². The summed E-state index contributed by atoms with van der Waals surface area (Å²) < 4.78 is 11.1. The van der Waals surface area contributed by atoms with Crippen molar-refractivity contribution in [3.05, 3.63) is 12.2 Å². The van der Waals surface area contributed by atoms with E-state index in [1.165, 1.54) is 12.2 Å². The zero-order chi connectivity index (χ0) is 19.0. The second-order valence-corrected chi connectivity index (χ2v) is 10.8. The largest absolute Gasteiger partial charge is 0.516 e. The standard InChI is InChI=1S/C20H38O4Si/c1-5-9-15-23-19(21)13-14-20(22)24-25(16-10-6-2,17-11-7-3)18-12-8-4/h13-14H,5-12,15-18H2,1-4H3. The molecule has 5 heteroatoms. The van der Waals surface area contributed by atoms with Gasteiger partial charge < -0.3 is 9.16 Å². The Labute approximate surface area is 155 Å². The lowest BCUT2D eigenvalue weighted by molar-refractivity contribution is -0.138. The van der Waals surface area contributed by atoms with Crippen molar-refractivity contribution in [3.8, 4) is 0 Å². The molecule has 0 N–H and O–H groups in total. The summed E-state index contributed by atoms with van der Waals surface area (Å²) in [7, 11) is -2.08. The highest BCUT2D eigenvalue weighted by atomic mass is 28.4. The second kappa shape index (κ2) is 15.2. The number of carbonyl (C=O) groups excluding carboxylic acids is 2. The van der Waals surface area contributed by atoms with Gasteiger partial charge >= 0.3 is 11.9 Å².